The molecule has 2 aromatic carbocycles. The Balaban J connectivity index is 1.95. The molecule has 166 valence electrons. The summed E-state index contributed by atoms with van der Waals surface area (Å²) >= 11 is 1.49. The molecule has 0 spiro atoms. The minimum Gasteiger partial charge on any atom is -0.352 e. The molecule has 0 aliphatic carbocycles. The van der Waals surface area contributed by atoms with Crippen LogP contribution in [0.4, 0.5) is 4.39 Å². The van der Waals surface area contributed by atoms with Crippen molar-refractivity contribution in [2.45, 2.75) is 63.9 Å². The van der Waals surface area contributed by atoms with Crippen LogP contribution >= 0.6 is 11.8 Å². The number of carbonyl (C=O) groups excluding carboxylic acids is 2. The zero-order valence-corrected chi connectivity index (χ0v) is 19.6. The van der Waals surface area contributed by atoms with E-state index in [-0.39, 0.29) is 29.1 Å². The van der Waals surface area contributed by atoms with Gasteiger partial charge in [-0.15, -0.1) is 11.8 Å². The van der Waals surface area contributed by atoms with Gasteiger partial charge in [0.1, 0.15) is 17.2 Å². The highest BCUT2D eigenvalue weighted by atomic mass is 32.2. The summed E-state index contributed by atoms with van der Waals surface area (Å²) in [5.41, 5.74) is 2.32. The van der Waals surface area contributed by atoms with Crippen LogP contribution in [0.3, 0.4) is 0 Å². The van der Waals surface area contributed by atoms with Crippen molar-refractivity contribution >= 4 is 23.6 Å². The van der Waals surface area contributed by atoms with Crippen molar-refractivity contribution in [3.05, 3.63) is 71.0 Å². The van der Waals surface area contributed by atoms with Gasteiger partial charge in [-0.05, 0) is 54.2 Å². The Kier molecular flexibility index (Phi) is 7.10. The van der Waals surface area contributed by atoms with Gasteiger partial charge in [-0.3, -0.25) is 9.59 Å². The van der Waals surface area contributed by atoms with Gasteiger partial charge in [0, 0.05) is 17.4 Å². The van der Waals surface area contributed by atoms with Gasteiger partial charge in [-0.1, -0.05) is 52.0 Å². The lowest BCUT2D eigenvalue weighted by atomic mass is 9.86. The maximum atomic E-state index is 13.9. The number of nitrogens with one attached hydrogen (secondary N) is 1. The maximum absolute atomic E-state index is 13.9. The molecule has 2 aromatic rings. The van der Waals surface area contributed by atoms with Crippen LogP contribution in [-0.2, 0) is 10.2 Å². The molecule has 0 bridgehead atoms. The molecule has 6 heteroatoms. The zero-order valence-electron chi connectivity index (χ0n) is 18.8. The van der Waals surface area contributed by atoms with Crippen LogP contribution in [0, 0.1) is 5.82 Å². The van der Waals surface area contributed by atoms with E-state index in [0.717, 1.165) is 12.0 Å². The third-order valence-electron chi connectivity index (χ3n) is 5.67. The average Bonchev–Trinajstić information content (AvgIpc) is 3.18. The highest BCUT2D eigenvalue weighted by molar-refractivity contribution is 7.99. The van der Waals surface area contributed by atoms with Crippen molar-refractivity contribution in [3.8, 4) is 0 Å². The molecule has 1 saturated heterocycles. The molecular formula is C25H31FN2O2S. The number of nitrogens with zero attached hydrogens (tertiary/aromatic N) is 1. The molecule has 2 amide bonds. The SMILES string of the molecule is CCC(C)NC(=O)C1CSC(c2cccc(F)c2)N1C(=O)c1ccc(C(C)(C)C)cc1. The first-order valence-corrected chi connectivity index (χ1v) is 11.8. The number of hydrogen-bond acceptors (Lipinski definition) is 3. The molecular weight excluding hydrogens is 411 g/mol. The van der Waals surface area contributed by atoms with E-state index in [0.29, 0.717) is 16.9 Å². The van der Waals surface area contributed by atoms with Gasteiger partial charge >= 0.3 is 0 Å². The van der Waals surface area contributed by atoms with Gasteiger partial charge in [0.05, 0.1) is 0 Å². The standard InChI is InChI=1S/C25H31FN2O2S/c1-6-16(2)27-22(29)21-15-31-24(18-8-7-9-20(26)14-18)28(21)23(30)17-10-12-19(13-11-17)25(3,4)5/h7-14,16,21,24H,6,15H2,1-5H3,(H,27,29). The fourth-order valence-corrected chi connectivity index (χ4v) is 5.00. The quantitative estimate of drug-likeness (QED) is 0.684. The highest BCUT2D eigenvalue weighted by Gasteiger charge is 2.42. The Bertz CT molecular complexity index is 939. The van der Waals surface area contributed by atoms with Gasteiger partial charge in [0.25, 0.3) is 5.91 Å². The summed E-state index contributed by atoms with van der Waals surface area (Å²) in [6, 6.07) is 13.2. The second-order valence-corrected chi connectivity index (χ2v) is 10.2. The first-order chi connectivity index (χ1) is 14.6. The number of thioether (sulfide) groups is 1. The Morgan fingerprint density at radius 3 is 2.45 bits per heavy atom. The maximum Gasteiger partial charge on any atom is 0.255 e. The molecule has 0 radical (unpaired) electrons. The third-order valence-corrected chi connectivity index (χ3v) is 6.99. The minimum absolute atomic E-state index is 0.0200. The third kappa shape index (κ3) is 5.29. The summed E-state index contributed by atoms with van der Waals surface area (Å²) in [6.45, 7) is 10.3. The van der Waals surface area contributed by atoms with E-state index in [4.69, 9.17) is 0 Å². The topological polar surface area (TPSA) is 49.4 Å². The number of halogens is 1. The van der Waals surface area contributed by atoms with Gasteiger partial charge in [0.15, 0.2) is 0 Å². The summed E-state index contributed by atoms with van der Waals surface area (Å²) in [4.78, 5) is 28.2. The fourth-order valence-electron chi connectivity index (χ4n) is 3.58. The van der Waals surface area contributed by atoms with Crippen molar-refractivity contribution in [1.82, 2.24) is 10.2 Å². The monoisotopic (exact) mass is 442 g/mol. The summed E-state index contributed by atoms with van der Waals surface area (Å²) in [5, 5.41) is 2.58. The van der Waals surface area contributed by atoms with Gasteiger partial charge in [-0.2, -0.15) is 0 Å². The number of carbonyl (C=O) groups is 2. The van der Waals surface area contributed by atoms with E-state index in [9.17, 15) is 14.0 Å². The van der Waals surface area contributed by atoms with Crippen LogP contribution in [0.2, 0.25) is 0 Å². The van der Waals surface area contributed by atoms with E-state index >= 15 is 0 Å². The van der Waals surface area contributed by atoms with Crippen molar-refractivity contribution in [1.29, 1.82) is 0 Å². The van der Waals surface area contributed by atoms with Crippen LogP contribution in [0.5, 0.6) is 0 Å². The number of rotatable bonds is 5. The lowest BCUT2D eigenvalue weighted by Crippen LogP contribution is -2.49. The molecule has 1 aliphatic rings. The van der Waals surface area contributed by atoms with Crippen molar-refractivity contribution < 1.29 is 14.0 Å². The summed E-state index contributed by atoms with van der Waals surface area (Å²) in [6.07, 6.45) is 0.807. The average molecular weight is 443 g/mol. The Labute approximate surface area is 188 Å². The highest BCUT2D eigenvalue weighted by Crippen LogP contribution is 2.42. The van der Waals surface area contributed by atoms with Crippen molar-refractivity contribution in [2.24, 2.45) is 0 Å². The number of amides is 2. The molecule has 1 fully saturated rings. The Morgan fingerprint density at radius 1 is 1.19 bits per heavy atom. The molecule has 1 aliphatic heterocycles. The smallest absolute Gasteiger partial charge is 0.255 e. The van der Waals surface area contributed by atoms with Gasteiger partial charge < -0.3 is 10.2 Å². The zero-order chi connectivity index (χ0) is 22.8. The molecule has 0 saturated carbocycles. The van der Waals surface area contributed by atoms with Crippen molar-refractivity contribution in [3.63, 3.8) is 0 Å². The minimum atomic E-state index is -0.609. The van der Waals surface area contributed by atoms with E-state index in [1.807, 2.05) is 38.1 Å². The number of hydrogen-bond donors (Lipinski definition) is 1. The lowest BCUT2D eigenvalue weighted by molar-refractivity contribution is -0.125. The predicted octanol–water partition coefficient (Wildman–Crippen LogP) is 5.29. The van der Waals surface area contributed by atoms with Gasteiger partial charge in [-0.25, -0.2) is 4.39 Å². The molecule has 3 unspecified atom stereocenters. The van der Waals surface area contributed by atoms with Crippen LogP contribution in [-0.4, -0.2) is 34.6 Å². The molecule has 3 rings (SSSR count). The summed E-state index contributed by atoms with van der Waals surface area (Å²) in [5.74, 6) is -0.271. The summed E-state index contributed by atoms with van der Waals surface area (Å²) < 4.78 is 13.9. The van der Waals surface area contributed by atoms with Gasteiger partial charge in [0.2, 0.25) is 5.91 Å². The first kappa shape index (κ1) is 23.3. The Hall–Kier alpha value is -2.34. The molecule has 3 atom stereocenters. The number of benzene rings is 2. The van der Waals surface area contributed by atoms with Crippen LogP contribution in [0.15, 0.2) is 48.5 Å². The van der Waals surface area contributed by atoms with Crippen LogP contribution < -0.4 is 5.32 Å². The van der Waals surface area contributed by atoms with Crippen LogP contribution in [0.1, 0.15) is 67.9 Å². The Morgan fingerprint density at radius 2 is 1.87 bits per heavy atom. The second-order valence-electron chi connectivity index (χ2n) is 9.11. The molecule has 1 N–H and O–H groups in total. The fraction of sp³-hybridized carbons (Fsp3) is 0.440. The second kappa shape index (κ2) is 9.43. The molecule has 4 nitrogen and oxygen atoms in total. The van der Waals surface area contributed by atoms with Crippen molar-refractivity contribution in [2.75, 3.05) is 5.75 Å². The lowest BCUT2D eigenvalue weighted by Gasteiger charge is -2.30. The van der Waals surface area contributed by atoms with Crippen LogP contribution in [0.25, 0.3) is 0 Å². The normalized spacial score (nSPS) is 19.9. The molecule has 1 heterocycles. The van der Waals surface area contributed by atoms with E-state index in [1.165, 1.54) is 23.9 Å². The predicted molar refractivity (Wildman–Crippen MR) is 125 cm³/mol. The molecule has 0 aromatic heterocycles. The van der Waals surface area contributed by atoms with E-state index < -0.39 is 11.4 Å². The van der Waals surface area contributed by atoms with E-state index in [2.05, 4.69) is 26.1 Å². The largest absolute Gasteiger partial charge is 0.352 e. The molecule has 31 heavy (non-hydrogen) atoms. The summed E-state index contributed by atoms with van der Waals surface area (Å²) in [7, 11) is 0. The first-order valence-electron chi connectivity index (χ1n) is 10.7. The van der Waals surface area contributed by atoms with E-state index in [1.54, 1.807) is 17.0 Å².